The highest BCUT2D eigenvalue weighted by molar-refractivity contribution is 6.08. The molecule has 1 heterocycles. The molecular formula is C32H37N3O2. The molecule has 2 aliphatic rings. The van der Waals surface area contributed by atoms with E-state index in [0.29, 0.717) is 6.04 Å². The zero-order chi connectivity index (χ0) is 25.9. The van der Waals surface area contributed by atoms with Gasteiger partial charge in [0.15, 0.2) is 0 Å². The summed E-state index contributed by atoms with van der Waals surface area (Å²) in [6, 6.07) is 26.2. The second-order valence-electron chi connectivity index (χ2n) is 10.5. The van der Waals surface area contributed by atoms with Gasteiger partial charge < -0.3 is 10.0 Å². The molecule has 1 N–H and O–H groups in total. The van der Waals surface area contributed by atoms with Crippen molar-refractivity contribution in [1.82, 2.24) is 9.80 Å². The summed E-state index contributed by atoms with van der Waals surface area (Å²) in [5, 5.41) is 10.4. The standard InChI is InChI=1S/C32H37N3O2/c1-4-19-33-21-24(3)34(22-23(33)2)31(25-11-10-14-28(36)20-25)29-15-8-9-16-30(29)32(37)35(27-17-18-27)26-12-6-5-7-13-26/h4-16,20,23-24,27,31,36H,1,17-19,21-22H2,2-3H3/t23-,24+,31-/m1/s1. The molecule has 1 saturated heterocycles. The summed E-state index contributed by atoms with van der Waals surface area (Å²) in [7, 11) is 0. The van der Waals surface area contributed by atoms with Crippen molar-refractivity contribution >= 4 is 11.6 Å². The number of para-hydroxylation sites is 1. The Hall–Kier alpha value is -3.41. The Labute approximate surface area is 220 Å². The monoisotopic (exact) mass is 495 g/mol. The van der Waals surface area contributed by atoms with Gasteiger partial charge in [-0.3, -0.25) is 14.6 Å². The van der Waals surface area contributed by atoms with Crippen molar-refractivity contribution in [3.05, 3.63) is 108 Å². The number of benzene rings is 3. The fourth-order valence-electron chi connectivity index (χ4n) is 5.72. The zero-order valence-electron chi connectivity index (χ0n) is 21.8. The first kappa shape index (κ1) is 25.2. The van der Waals surface area contributed by atoms with Crippen LogP contribution in [0.3, 0.4) is 0 Å². The number of amides is 1. The molecule has 1 saturated carbocycles. The highest BCUT2D eigenvalue weighted by Gasteiger charge is 2.39. The van der Waals surface area contributed by atoms with Crippen molar-refractivity contribution in [2.24, 2.45) is 0 Å². The maximum absolute atomic E-state index is 14.3. The number of phenols is 1. The lowest BCUT2D eigenvalue weighted by atomic mass is 9.89. The molecule has 3 atom stereocenters. The molecule has 1 aliphatic carbocycles. The van der Waals surface area contributed by atoms with E-state index in [1.165, 1.54) is 0 Å². The summed E-state index contributed by atoms with van der Waals surface area (Å²) in [4.78, 5) is 21.2. The van der Waals surface area contributed by atoms with Gasteiger partial charge in [-0.2, -0.15) is 0 Å². The van der Waals surface area contributed by atoms with E-state index in [0.717, 1.165) is 54.9 Å². The van der Waals surface area contributed by atoms with E-state index in [1.54, 1.807) is 6.07 Å². The van der Waals surface area contributed by atoms with Crippen LogP contribution in [0, 0.1) is 0 Å². The lowest BCUT2D eigenvalue weighted by Gasteiger charge is -2.47. The predicted molar refractivity (Wildman–Crippen MR) is 150 cm³/mol. The Morgan fingerprint density at radius 3 is 2.43 bits per heavy atom. The van der Waals surface area contributed by atoms with Gasteiger partial charge in [0.2, 0.25) is 0 Å². The van der Waals surface area contributed by atoms with E-state index in [9.17, 15) is 9.90 Å². The van der Waals surface area contributed by atoms with E-state index in [1.807, 2.05) is 71.6 Å². The number of anilines is 1. The molecule has 0 radical (unpaired) electrons. The minimum Gasteiger partial charge on any atom is -0.508 e. The Balaban J connectivity index is 1.59. The third-order valence-electron chi connectivity index (χ3n) is 7.70. The zero-order valence-corrected chi connectivity index (χ0v) is 21.8. The first-order valence-electron chi connectivity index (χ1n) is 13.3. The van der Waals surface area contributed by atoms with Crippen molar-refractivity contribution in [2.45, 2.75) is 50.9 Å². The van der Waals surface area contributed by atoms with Crippen LogP contribution in [-0.4, -0.2) is 58.6 Å². The van der Waals surface area contributed by atoms with Gasteiger partial charge in [-0.15, -0.1) is 6.58 Å². The van der Waals surface area contributed by atoms with Gasteiger partial charge in [0.05, 0.1) is 6.04 Å². The quantitative estimate of drug-likeness (QED) is 0.397. The molecule has 0 unspecified atom stereocenters. The van der Waals surface area contributed by atoms with Crippen LogP contribution in [0.25, 0.3) is 0 Å². The maximum Gasteiger partial charge on any atom is 0.258 e. The van der Waals surface area contributed by atoms with Crippen molar-refractivity contribution in [1.29, 1.82) is 0 Å². The Morgan fingerprint density at radius 2 is 1.73 bits per heavy atom. The van der Waals surface area contributed by atoms with Gasteiger partial charge in [-0.25, -0.2) is 0 Å². The lowest BCUT2D eigenvalue weighted by Crippen LogP contribution is -2.57. The predicted octanol–water partition coefficient (Wildman–Crippen LogP) is 5.87. The van der Waals surface area contributed by atoms with Crippen molar-refractivity contribution in [2.75, 3.05) is 24.5 Å². The fraction of sp³-hybridized carbons (Fsp3) is 0.344. The van der Waals surface area contributed by atoms with Crippen LogP contribution in [0.4, 0.5) is 5.69 Å². The molecule has 2 fully saturated rings. The first-order valence-corrected chi connectivity index (χ1v) is 13.3. The van der Waals surface area contributed by atoms with Crippen molar-refractivity contribution < 1.29 is 9.90 Å². The summed E-state index contributed by atoms with van der Waals surface area (Å²) >= 11 is 0. The van der Waals surface area contributed by atoms with E-state index in [-0.39, 0.29) is 29.8 Å². The number of carbonyl (C=O) groups is 1. The Morgan fingerprint density at radius 1 is 1.00 bits per heavy atom. The van der Waals surface area contributed by atoms with Gasteiger partial charge in [0, 0.05) is 49.0 Å². The van der Waals surface area contributed by atoms with Gasteiger partial charge in [-0.05, 0) is 68.1 Å². The summed E-state index contributed by atoms with van der Waals surface area (Å²) < 4.78 is 0. The summed E-state index contributed by atoms with van der Waals surface area (Å²) in [6.45, 7) is 11.1. The van der Waals surface area contributed by atoms with Crippen LogP contribution in [0.5, 0.6) is 5.75 Å². The largest absolute Gasteiger partial charge is 0.508 e. The van der Waals surface area contributed by atoms with Gasteiger partial charge in [-0.1, -0.05) is 54.6 Å². The van der Waals surface area contributed by atoms with Crippen LogP contribution in [0.1, 0.15) is 54.2 Å². The third-order valence-corrected chi connectivity index (χ3v) is 7.70. The molecule has 3 aromatic carbocycles. The Bertz CT molecular complexity index is 1240. The summed E-state index contributed by atoms with van der Waals surface area (Å²) in [5.41, 5.74) is 3.64. The summed E-state index contributed by atoms with van der Waals surface area (Å²) in [5.74, 6) is 0.279. The minimum absolute atomic E-state index is 0.0421. The number of nitrogens with zero attached hydrogens (tertiary/aromatic N) is 3. The molecule has 1 amide bonds. The normalized spacial score (nSPS) is 21.4. The van der Waals surface area contributed by atoms with E-state index >= 15 is 0 Å². The molecule has 0 bridgehead atoms. The first-order chi connectivity index (χ1) is 18.0. The molecule has 192 valence electrons. The fourth-order valence-corrected chi connectivity index (χ4v) is 5.72. The van der Waals surface area contributed by atoms with Gasteiger partial charge in [0.25, 0.3) is 5.91 Å². The molecule has 5 heteroatoms. The Kier molecular flexibility index (Phi) is 7.45. The van der Waals surface area contributed by atoms with Gasteiger partial charge in [0.1, 0.15) is 5.75 Å². The molecule has 5 rings (SSSR count). The number of rotatable bonds is 8. The van der Waals surface area contributed by atoms with Crippen LogP contribution in [0.15, 0.2) is 91.5 Å². The van der Waals surface area contributed by atoms with Crippen LogP contribution in [0.2, 0.25) is 0 Å². The second kappa shape index (κ2) is 10.9. The average molecular weight is 496 g/mol. The smallest absolute Gasteiger partial charge is 0.258 e. The van der Waals surface area contributed by atoms with Crippen LogP contribution in [-0.2, 0) is 0 Å². The van der Waals surface area contributed by atoms with Crippen molar-refractivity contribution in [3.8, 4) is 5.75 Å². The van der Waals surface area contributed by atoms with Gasteiger partial charge >= 0.3 is 0 Å². The second-order valence-corrected chi connectivity index (χ2v) is 10.5. The van der Waals surface area contributed by atoms with E-state index < -0.39 is 0 Å². The maximum atomic E-state index is 14.3. The van der Waals surface area contributed by atoms with E-state index in [2.05, 4.69) is 42.4 Å². The van der Waals surface area contributed by atoms with Crippen LogP contribution < -0.4 is 4.90 Å². The number of aromatic hydroxyl groups is 1. The number of hydrogen-bond acceptors (Lipinski definition) is 4. The molecular weight excluding hydrogens is 458 g/mol. The SMILES string of the molecule is C=CCN1C[C@H](C)N([C@H](c2cccc(O)c2)c2ccccc2C(=O)N(c2ccccc2)C2CC2)C[C@H]1C. The average Bonchev–Trinajstić information content (AvgIpc) is 3.73. The number of carbonyl (C=O) groups excluding carboxylic acids is 1. The van der Waals surface area contributed by atoms with E-state index in [4.69, 9.17) is 0 Å². The highest BCUT2D eigenvalue weighted by Crippen LogP contribution is 2.38. The molecule has 0 aromatic heterocycles. The lowest BCUT2D eigenvalue weighted by molar-refractivity contribution is 0.0304. The van der Waals surface area contributed by atoms with Crippen molar-refractivity contribution in [3.63, 3.8) is 0 Å². The number of hydrogen-bond donors (Lipinski definition) is 1. The molecule has 1 aliphatic heterocycles. The number of phenolic OH excluding ortho intramolecular Hbond substituents is 1. The molecule has 5 nitrogen and oxygen atoms in total. The third kappa shape index (κ3) is 5.34. The minimum atomic E-state index is -0.160. The molecule has 3 aromatic rings. The van der Waals surface area contributed by atoms with Crippen LogP contribution >= 0.6 is 0 Å². The molecule has 0 spiro atoms. The highest BCUT2D eigenvalue weighted by atomic mass is 16.3. The summed E-state index contributed by atoms with van der Waals surface area (Å²) in [6.07, 6.45) is 4.02. The molecule has 37 heavy (non-hydrogen) atoms. The topological polar surface area (TPSA) is 47.0 Å². The number of piperazine rings is 1.